The van der Waals surface area contributed by atoms with Crippen molar-refractivity contribution in [3.63, 3.8) is 0 Å². The molecule has 1 atom stereocenters. The van der Waals surface area contributed by atoms with E-state index in [1.165, 1.54) is 96.3 Å². The Morgan fingerprint density at radius 1 is 0.535 bits per heavy atom. The molecule has 0 heterocycles. The van der Waals surface area contributed by atoms with Crippen molar-refractivity contribution in [2.45, 2.75) is 187 Å². The molecule has 0 aromatic carbocycles. The zero-order chi connectivity index (χ0) is 31.5. The SMILES string of the molecule is CCCCC/C=C\C/C=C\CCCCCCCC(=O)O[C@@H](COO)COC(=O)CCCCCCCCCCCCCCC. The summed E-state index contributed by atoms with van der Waals surface area (Å²) in [5.74, 6) is -0.643. The predicted molar refractivity (Wildman–Crippen MR) is 179 cm³/mol. The van der Waals surface area contributed by atoms with Crippen LogP contribution < -0.4 is 0 Å². The maximum Gasteiger partial charge on any atom is 0.306 e. The molecule has 0 saturated heterocycles. The molecule has 0 fully saturated rings. The zero-order valence-corrected chi connectivity index (χ0v) is 28.2. The van der Waals surface area contributed by atoms with Gasteiger partial charge in [0.25, 0.3) is 0 Å². The second kappa shape index (κ2) is 34.8. The van der Waals surface area contributed by atoms with Crippen molar-refractivity contribution in [3.8, 4) is 0 Å². The average molecular weight is 609 g/mol. The molecule has 6 nitrogen and oxygen atoms in total. The number of rotatable bonds is 33. The number of unbranched alkanes of at least 4 members (excludes halogenated alkanes) is 20. The monoisotopic (exact) mass is 609 g/mol. The summed E-state index contributed by atoms with van der Waals surface area (Å²) in [5, 5.41) is 8.83. The molecule has 0 aromatic heterocycles. The third kappa shape index (κ3) is 33.1. The topological polar surface area (TPSA) is 82.1 Å². The molecule has 0 aliphatic rings. The maximum absolute atomic E-state index is 12.2. The van der Waals surface area contributed by atoms with Crippen LogP contribution in [-0.4, -0.2) is 36.5 Å². The summed E-state index contributed by atoms with van der Waals surface area (Å²) in [4.78, 5) is 28.5. The molecular formula is C37H68O6. The lowest BCUT2D eigenvalue weighted by molar-refractivity contribution is -0.261. The molecule has 0 unspecified atom stereocenters. The summed E-state index contributed by atoms with van der Waals surface area (Å²) >= 11 is 0. The molecule has 0 rings (SSSR count). The van der Waals surface area contributed by atoms with Crippen LogP contribution in [0.1, 0.15) is 181 Å². The van der Waals surface area contributed by atoms with E-state index in [1.807, 2.05) is 0 Å². The lowest BCUT2D eigenvalue weighted by Crippen LogP contribution is -2.29. The highest BCUT2D eigenvalue weighted by Crippen LogP contribution is 2.14. The molecule has 0 aromatic rings. The quantitative estimate of drug-likeness (QED) is 0.0262. The highest BCUT2D eigenvalue weighted by molar-refractivity contribution is 5.70. The van der Waals surface area contributed by atoms with Gasteiger partial charge in [0, 0.05) is 12.8 Å². The highest BCUT2D eigenvalue weighted by Gasteiger charge is 2.17. The van der Waals surface area contributed by atoms with E-state index in [2.05, 4.69) is 43.0 Å². The van der Waals surface area contributed by atoms with Crippen molar-refractivity contribution in [3.05, 3.63) is 24.3 Å². The summed E-state index contributed by atoms with van der Waals surface area (Å²) in [7, 11) is 0. The van der Waals surface area contributed by atoms with Crippen LogP contribution in [0.3, 0.4) is 0 Å². The number of hydrogen-bond acceptors (Lipinski definition) is 6. The van der Waals surface area contributed by atoms with E-state index in [0.717, 1.165) is 57.8 Å². The number of ether oxygens (including phenoxy) is 2. The molecule has 252 valence electrons. The summed E-state index contributed by atoms with van der Waals surface area (Å²) < 4.78 is 10.6. The lowest BCUT2D eigenvalue weighted by Gasteiger charge is -2.16. The van der Waals surface area contributed by atoms with Gasteiger partial charge in [-0.05, 0) is 44.9 Å². The summed E-state index contributed by atoms with van der Waals surface area (Å²) in [5.41, 5.74) is 0. The van der Waals surface area contributed by atoms with E-state index in [4.69, 9.17) is 14.7 Å². The van der Waals surface area contributed by atoms with E-state index in [0.29, 0.717) is 12.8 Å². The summed E-state index contributed by atoms with van der Waals surface area (Å²) in [6.07, 6.45) is 37.7. The molecule has 0 aliphatic carbocycles. The van der Waals surface area contributed by atoms with Crippen molar-refractivity contribution in [2.24, 2.45) is 0 Å². The molecule has 0 amide bonds. The van der Waals surface area contributed by atoms with Crippen molar-refractivity contribution in [1.29, 1.82) is 0 Å². The minimum atomic E-state index is -0.786. The van der Waals surface area contributed by atoms with Crippen LogP contribution >= 0.6 is 0 Å². The van der Waals surface area contributed by atoms with Gasteiger partial charge in [-0.15, -0.1) is 0 Å². The molecule has 0 saturated carbocycles. The average Bonchev–Trinajstić information content (AvgIpc) is 3.00. The molecule has 0 aliphatic heterocycles. The van der Waals surface area contributed by atoms with E-state index in [-0.39, 0.29) is 25.2 Å². The Bertz CT molecular complexity index is 659. The Hall–Kier alpha value is -1.66. The number of esters is 2. The van der Waals surface area contributed by atoms with Gasteiger partial charge in [0.05, 0.1) is 0 Å². The van der Waals surface area contributed by atoms with E-state index < -0.39 is 6.10 Å². The first-order chi connectivity index (χ1) is 21.1. The molecular weight excluding hydrogens is 540 g/mol. The van der Waals surface area contributed by atoms with Gasteiger partial charge in [-0.25, -0.2) is 4.89 Å². The van der Waals surface area contributed by atoms with Gasteiger partial charge in [0.15, 0.2) is 6.10 Å². The van der Waals surface area contributed by atoms with Crippen LogP contribution in [-0.2, 0) is 24.0 Å². The Labute approximate surface area is 265 Å². The zero-order valence-electron chi connectivity index (χ0n) is 28.2. The van der Waals surface area contributed by atoms with Crippen LogP contribution in [0.5, 0.6) is 0 Å². The number of carbonyl (C=O) groups excluding carboxylic acids is 2. The Kier molecular flexibility index (Phi) is 33.5. The standard InChI is InChI=1S/C37H68O6/c1-3-5-7-9-11-13-15-17-18-20-22-24-26-28-30-32-37(39)43-35(34-42-40)33-41-36(38)31-29-27-25-23-21-19-16-14-12-10-8-6-4-2/h11,13,17-18,35,40H,3-10,12,14-16,19-34H2,1-2H3/b13-11-,18-17-/t35-/m1/s1. The van der Waals surface area contributed by atoms with Gasteiger partial charge < -0.3 is 9.47 Å². The van der Waals surface area contributed by atoms with Crippen molar-refractivity contribution < 1.29 is 29.2 Å². The van der Waals surface area contributed by atoms with Gasteiger partial charge >= 0.3 is 11.9 Å². The van der Waals surface area contributed by atoms with E-state index >= 15 is 0 Å². The molecule has 6 heteroatoms. The van der Waals surface area contributed by atoms with Crippen LogP contribution in [0.15, 0.2) is 24.3 Å². The largest absolute Gasteiger partial charge is 0.462 e. The fourth-order valence-corrected chi connectivity index (χ4v) is 5.07. The van der Waals surface area contributed by atoms with Gasteiger partial charge in [-0.1, -0.05) is 147 Å². The Morgan fingerprint density at radius 2 is 0.953 bits per heavy atom. The minimum absolute atomic E-state index is 0.0915. The summed E-state index contributed by atoms with van der Waals surface area (Å²) in [6, 6.07) is 0. The smallest absolute Gasteiger partial charge is 0.306 e. The number of allylic oxidation sites excluding steroid dienone is 4. The molecule has 0 spiro atoms. The number of carbonyl (C=O) groups is 2. The van der Waals surface area contributed by atoms with E-state index in [1.54, 1.807) is 0 Å². The third-order valence-electron chi connectivity index (χ3n) is 7.80. The van der Waals surface area contributed by atoms with Gasteiger partial charge in [0.1, 0.15) is 13.2 Å². The van der Waals surface area contributed by atoms with Gasteiger partial charge in [-0.3, -0.25) is 14.8 Å². The molecule has 43 heavy (non-hydrogen) atoms. The first kappa shape index (κ1) is 41.3. The predicted octanol–water partition coefficient (Wildman–Crippen LogP) is 11.2. The number of hydrogen-bond donors (Lipinski definition) is 1. The Balaban J connectivity index is 3.69. The van der Waals surface area contributed by atoms with Crippen molar-refractivity contribution >= 4 is 11.9 Å². The third-order valence-corrected chi connectivity index (χ3v) is 7.80. The van der Waals surface area contributed by atoms with Crippen LogP contribution in [0, 0.1) is 0 Å². The van der Waals surface area contributed by atoms with Crippen molar-refractivity contribution in [2.75, 3.05) is 13.2 Å². The molecule has 0 radical (unpaired) electrons. The highest BCUT2D eigenvalue weighted by atomic mass is 17.1. The molecule has 0 bridgehead atoms. The second-order valence-electron chi connectivity index (χ2n) is 12.1. The van der Waals surface area contributed by atoms with Crippen LogP contribution in [0.2, 0.25) is 0 Å². The fraction of sp³-hybridized carbons (Fsp3) is 0.838. The summed E-state index contributed by atoms with van der Waals surface area (Å²) in [6.45, 7) is 4.19. The van der Waals surface area contributed by atoms with Gasteiger partial charge in [0.2, 0.25) is 0 Å². The van der Waals surface area contributed by atoms with Crippen molar-refractivity contribution in [1.82, 2.24) is 0 Å². The van der Waals surface area contributed by atoms with Crippen LogP contribution in [0.4, 0.5) is 0 Å². The first-order valence-electron chi connectivity index (χ1n) is 18.0. The minimum Gasteiger partial charge on any atom is -0.462 e. The Morgan fingerprint density at radius 3 is 1.47 bits per heavy atom. The lowest BCUT2D eigenvalue weighted by atomic mass is 10.0. The fourth-order valence-electron chi connectivity index (χ4n) is 5.07. The maximum atomic E-state index is 12.2. The van der Waals surface area contributed by atoms with E-state index in [9.17, 15) is 9.59 Å². The van der Waals surface area contributed by atoms with Gasteiger partial charge in [-0.2, -0.15) is 0 Å². The molecule has 1 N–H and O–H groups in total. The normalized spacial score (nSPS) is 12.3. The second-order valence-corrected chi connectivity index (χ2v) is 12.1. The van der Waals surface area contributed by atoms with Crippen LogP contribution in [0.25, 0.3) is 0 Å². The first-order valence-corrected chi connectivity index (χ1v) is 18.0.